The van der Waals surface area contributed by atoms with Gasteiger partial charge in [-0.3, -0.25) is 0 Å². The fourth-order valence-electron chi connectivity index (χ4n) is 1.98. The second-order valence-corrected chi connectivity index (χ2v) is 4.05. The Morgan fingerprint density at radius 1 is 1.31 bits per heavy atom. The van der Waals surface area contributed by atoms with E-state index < -0.39 is 0 Å². The number of fused-ring (bicyclic) bond motifs is 1. The molecule has 0 fully saturated rings. The molecule has 0 atom stereocenters. The van der Waals surface area contributed by atoms with Crippen LogP contribution in [0, 0.1) is 0 Å². The summed E-state index contributed by atoms with van der Waals surface area (Å²) < 4.78 is 2.33. The number of unbranched alkanes of at least 4 members (excludes halogenated alkanes) is 1. The van der Waals surface area contributed by atoms with E-state index in [1.165, 1.54) is 18.4 Å². The lowest BCUT2D eigenvalue weighted by atomic mass is 10.3. The van der Waals surface area contributed by atoms with Gasteiger partial charge in [0.1, 0.15) is 5.82 Å². The minimum absolute atomic E-state index is 0.832. The Morgan fingerprint density at radius 3 is 2.88 bits per heavy atom. The summed E-state index contributed by atoms with van der Waals surface area (Å²) in [7, 11) is 1.96. The lowest BCUT2D eigenvalue weighted by Crippen LogP contribution is -2.12. The minimum Gasteiger partial charge on any atom is -0.327 e. The largest absolute Gasteiger partial charge is 0.327 e. The average molecular weight is 217 g/mol. The van der Waals surface area contributed by atoms with E-state index in [9.17, 15) is 0 Å². The van der Waals surface area contributed by atoms with Crippen LogP contribution in [0.2, 0.25) is 0 Å². The van der Waals surface area contributed by atoms with Crippen LogP contribution >= 0.6 is 0 Å². The molecule has 0 aliphatic rings. The number of aryl methyl sites for hydroxylation is 1. The molecule has 1 aromatic carbocycles. The summed E-state index contributed by atoms with van der Waals surface area (Å²) in [6.07, 6.45) is 2.42. The highest BCUT2D eigenvalue weighted by Crippen LogP contribution is 2.16. The van der Waals surface area contributed by atoms with Gasteiger partial charge < -0.3 is 9.88 Å². The van der Waals surface area contributed by atoms with Gasteiger partial charge in [-0.25, -0.2) is 4.98 Å². The number of para-hydroxylation sites is 2. The van der Waals surface area contributed by atoms with Gasteiger partial charge in [-0.1, -0.05) is 25.5 Å². The van der Waals surface area contributed by atoms with Crippen molar-refractivity contribution in [2.75, 3.05) is 7.05 Å². The Hall–Kier alpha value is -1.35. The summed E-state index contributed by atoms with van der Waals surface area (Å²) in [5.74, 6) is 1.14. The number of nitrogens with zero attached hydrogens (tertiary/aromatic N) is 2. The number of aromatic nitrogens is 2. The molecule has 2 aromatic rings. The van der Waals surface area contributed by atoms with Crippen LogP contribution in [0.5, 0.6) is 0 Å². The van der Waals surface area contributed by atoms with E-state index in [1.807, 2.05) is 13.1 Å². The first-order valence-electron chi connectivity index (χ1n) is 5.95. The van der Waals surface area contributed by atoms with Crippen LogP contribution in [0.25, 0.3) is 11.0 Å². The van der Waals surface area contributed by atoms with Crippen LogP contribution in [0.15, 0.2) is 24.3 Å². The summed E-state index contributed by atoms with van der Waals surface area (Å²) in [5.41, 5.74) is 2.35. The van der Waals surface area contributed by atoms with Gasteiger partial charge in [-0.15, -0.1) is 0 Å². The zero-order valence-corrected chi connectivity index (χ0v) is 10.0. The Labute approximate surface area is 96.5 Å². The molecule has 0 bridgehead atoms. The van der Waals surface area contributed by atoms with E-state index in [4.69, 9.17) is 0 Å². The zero-order valence-electron chi connectivity index (χ0n) is 10.0. The molecular formula is C13H19N3. The Kier molecular flexibility index (Phi) is 3.57. The number of imidazole rings is 1. The standard InChI is InChI=1S/C13H19N3/c1-3-4-9-16-12-8-6-5-7-11(12)15-13(16)10-14-2/h5-8,14H,3-4,9-10H2,1-2H3. The fraction of sp³-hybridized carbons (Fsp3) is 0.462. The van der Waals surface area contributed by atoms with Gasteiger partial charge in [-0.05, 0) is 25.6 Å². The van der Waals surface area contributed by atoms with Crippen molar-refractivity contribution in [2.45, 2.75) is 32.9 Å². The molecule has 0 saturated heterocycles. The maximum absolute atomic E-state index is 4.66. The van der Waals surface area contributed by atoms with E-state index in [-0.39, 0.29) is 0 Å². The fourth-order valence-corrected chi connectivity index (χ4v) is 1.98. The predicted octanol–water partition coefficient (Wildman–Crippen LogP) is 2.56. The lowest BCUT2D eigenvalue weighted by molar-refractivity contribution is 0.600. The number of benzene rings is 1. The van der Waals surface area contributed by atoms with Crippen molar-refractivity contribution in [3.63, 3.8) is 0 Å². The molecule has 3 nitrogen and oxygen atoms in total. The highest BCUT2D eigenvalue weighted by Gasteiger charge is 2.08. The molecule has 2 rings (SSSR count). The number of nitrogens with one attached hydrogen (secondary N) is 1. The predicted molar refractivity (Wildman–Crippen MR) is 67.4 cm³/mol. The van der Waals surface area contributed by atoms with Crippen LogP contribution in [0.1, 0.15) is 25.6 Å². The molecule has 0 saturated carbocycles. The van der Waals surface area contributed by atoms with Crippen LogP contribution in [-0.4, -0.2) is 16.6 Å². The van der Waals surface area contributed by atoms with Gasteiger partial charge in [0.05, 0.1) is 17.6 Å². The molecular weight excluding hydrogens is 198 g/mol. The summed E-state index contributed by atoms with van der Waals surface area (Å²) in [6, 6.07) is 8.35. The minimum atomic E-state index is 0.832. The molecule has 1 heterocycles. The molecule has 0 unspecified atom stereocenters. The van der Waals surface area contributed by atoms with Crippen LogP contribution in [-0.2, 0) is 13.1 Å². The maximum atomic E-state index is 4.66. The normalized spacial score (nSPS) is 11.1. The molecule has 0 spiro atoms. The third kappa shape index (κ3) is 2.09. The Bertz CT molecular complexity index is 459. The monoisotopic (exact) mass is 217 g/mol. The molecule has 1 aromatic heterocycles. The van der Waals surface area contributed by atoms with Gasteiger partial charge in [-0.2, -0.15) is 0 Å². The second kappa shape index (κ2) is 5.12. The van der Waals surface area contributed by atoms with Crippen molar-refractivity contribution in [2.24, 2.45) is 0 Å². The highest BCUT2D eigenvalue weighted by atomic mass is 15.1. The summed E-state index contributed by atoms with van der Waals surface area (Å²) in [4.78, 5) is 4.66. The molecule has 0 amide bonds. The number of rotatable bonds is 5. The smallest absolute Gasteiger partial charge is 0.123 e. The van der Waals surface area contributed by atoms with Crippen molar-refractivity contribution in [1.29, 1.82) is 0 Å². The number of hydrogen-bond donors (Lipinski definition) is 1. The van der Waals surface area contributed by atoms with Crippen LogP contribution in [0.4, 0.5) is 0 Å². The third-order valence-electron chi connectivity index (χ3n) is 2.80. The van der Waals surface area contributed by atoms with Gasteiger partial charge in [0.25, 0.3) is 0 Å². The van der Waals surface area contributed by atoms with Crippen molar-refractivity contribution in [3.8, 4) is 0 Å². The molecule has 0 aliphatic carbocycles. The van der Waals surface area contributed by atoms with Gasteiger partial charge in [0.15, 0.2) is 0 Å². The van der Waals surface area contributed by atoms with E-state index in [0.717, 1.165) is 24.4 Å². The molecule has 1 N–H and O–H groups in total. The summed E-state index contributed by atoms with van der Waals surface area (Å²) >= 11 is 0. The molecule has 0 radical (unpaired) electrons. The molecule has 0 aliphatic heterocycles. The highest BCUT2D eigenvalue weighted by molar-refractivity contribution is 5.75. The van der Waals surface area contributed by atoms with E-state index >= 15 is 0 Å². The maximum Gasteiger partial charge on any atom is 0.123 e. The van der Waals surface area contributed by atoms with Crippen molar-refractivity contribution in [1.82, 2.24) is 14.9 Å². The lowest BCUT2D eigenvalue weighted by Gasteiger charge is -2.07. The summed E-state index contributed by atoms with van der Waals surface area (Å²) in [6.45, 7) is 4.11. The van der Waals surface area contributed by atoms with Crippen LogP contribution < -0.4 is 5.32 Å². The molecule has 16 heavy (non-hydrogen) atoms. The molecule has 86 valence electrons. The summed E-state index contributed by atoms with van der Waals surface area (Å²) in [5, 5.41) is 3.18. The number of hydrogen-bond acceptors (Lipinski definition) is 2. The van der Waals surface area contributed by atoms with Crippen molar-refractivity contribution < 1.29 is 0 Å². The van der Waals surface area contributed by atoms with E-state index in [0.29, 0.717) is 0 Å². The van der Waals surface area contributed by atoms with E-state index in [1.54, 1.807) is 0 Å². The topological polar surface area (TPSA) is 29.9 Å². The Morgan fingerprint density at radius 2 is 2.12 bits per heavy atom. The first-order chi connectivity index (χ1) is 7.86. The first kappa shape index (κ1) is 11.1. The van der Waals surface area contributed by atoms with Gasteiger partial charge in [0.2, 0.25) is 0 Å². The second-order valence-electron chi connectivity index (χ2n) is 4.05. The Balaban J connectivity index is 2.42. The van der Waals surface area contributed by atoms with E-state index in [2.05, 4.69) is 40.0 Å². The van der Waals surface area contributed by atoms with Crippen molar-refractivity contribution >= 4 is 11.0 Å². The first-order valence-corrected chi connectivity index (χ1v) is 5.95. The van der Waals surface area contributed by atoms with Gasteiger partial charge >= 0.3 is 0 Å². The third-order valence-corrected chi connectivity index (χ3v) is 2.80. The SMILES string of the molecule is CCCCn1c(CNC)nc2ccccc21. The molecule has 3 heteroatoms. The van der Waals surface area contributed by atoms with Crippen LogP contribution in [0.3, 0.4) is 0 Å². The van der Waals surface area contributed by atoms with Crippen molar-refractivity contribution in [3.05, 3.63) is 30.1 Å². The average Bonchev–Trinajstić information content (AvgIpc) is 2.65. The quantitative estimate of drug-likeness (QED) is 0.834. The zero-order chi connectivity index (χ0) is 11.4. The van der Waals surface area contributed by atoms with Gasteiger partial charge in [0, 0.05) is 6.54 Å².